The van der Waals surface area contributed by atoms with Gasteiger partial charge in [-0.25, -0.2) is 4.98 Å². The quantitative estimate of drug-likeness (QED) is 0.0212. The van der Waals surface area contributed by atoms with Gasteiger partial charge in [-0.2, -0.15) is 31.4 Å². The van der Waals surface area contributed by atoms with Crippen molar-refractivity contribution < 1.29 is 40.0 Å². The monoisotopic (exact) mass is 1030 g/mol. The maximum atomic E-state index is 12.9. The van der Waals surface area contributed by atoms with Crippen molar-refractivity contribution in [2.24, 2.45) is 0 Å². The number of anilines is 2. The molecule has 73 heavy (non-hydrogen) atoms. The van der Waals surface area contributed by atoms with Crippen LogP contribution in [0.3, 0.4) is 0 Å². The topological polar surface area (TPSA) is 234 Å². The normalized spacial score (nSPS) is 18.7. The number of hydrogen-bond acceptors (Lipinski definition) is 11. The van der Waals surface area contributed by atoms with Gasteiger partial charge in [0.05, 0.1) is 21.5 Å². The largest absolute Gasteiger partial charge is 0.471 e. The molecule has 6 N–H and O–H groups in total. The third-order valence-corrected chi connectivity index (χ3v) is 15.1. The number of nitrogens with two attached hydrogens (primary N) is 1. The Kier molecular flexibility index (Phi) is 15.6. The van der Waals surface area contributed by atoms with Gasteiger partial charge in [0.1, 0.15) is 18.7 Å². The highest BCUT2D eigenvalue weighted by Crippen LogP contribution is 2.49. The van der Waals surface area contributed by atoms with E-state index >= 15 is 0 Å². The highest BCUT2D eigenvalue weighted by atomic mass is 32.2. The summed E-state index contributed by atoms with van der Waals surface area (Å²) < 4.78 is 77.0. The van der Waals surface area contributed by atoms with Crippen molar-refractivity contribution in [3.8, 4) is 5.88 Å². The molecule has 18 heteroatoms. The van der Waals surface area contributed by atoms with Gasteiger partial charge in [0.2, 0.25) is 23.4 Å². The lowest BCUT2D eigenvalue weighted by atomic mass is 9.81. The van der Waals surface area contributed by atoms with Crippen LogP contribution in [0.15, 0.2) is 161 Å². The van der Waals surface area contributed by atoms with E-state index in [1.54, 1.807) is 24.3 Å². The number of imidazole rings is 1. The molecule has 1 amide bonds. The van der Waals surface area contributed by atoms with E-state index in [2.05, 4.69) is 46.9 Å². The number of H-pyrrole nitrogens is 1. The third-order valence-electron chi connectivity index (χ3n) is 13.4. The summed E-state index contributed by atoms with van der Waals surface area (Å²) in [5.41, 5.74) is 13.8. The second kappa shape index (κ2) is 21.8. The van der Waals surface area contributed by atoms with E-state index in [1.807, 2.05) is 113 Å². The van der Waals surface area contributed by atoms with Gasteiger partial charge in [0.25, 0.3) is 20.2 Å². The summed E-state index contributed by atoms with van der Waals surface area (Å²) in [5, 5.41) is 3.02. The summed E-state index contributed by atoms with van der Waals surface area (Å²) in [5.74, 6) is 0.338. The highest BCUT2D eigenvalue weighted by Gasteiger charge is 2.45. The van der Waals surface area contributed by atoms with E-state index in [-0.39, 0.29) is 28.3 Å². The number of benzene rings is 3. The number of carbonyl (C=O) groups is 1. The van der Waals surface area contributed by atoms with Crippen LogP contribution in [-0.4, -0.2) is 75.2 Å². The molecule has 0 fully saturated rings. The minimum absolute atomic E-state index is 0.0497. The van der Waals surface area contributed by atoms with E-state index in [0.717, 1.165) is 70.7 Å². The fraction of sp³-hybridized carbons (Fsp3) is 0.291. The average molecular weight is 1030 g/mol. The molecule has 0 bridgehead atoms. The molecule has 0 saturated heterocycles. The molecule has 0 atom stereocenters. The number of aromatic nitrogens is 4. The molecule has 3 aliphatic rings. The van der Waals surface area contributed by atoms with Crippen molar-refractivity contribution in [2.75, 3.05) is 23.7 Å². The Hall–Kier alpha value is -7.25. The van der Waals surface area contributed by atoms with Crippen LogP contribution >= 0.6 is 0 Å². The summed E-state index contributed by atoms with van der Waals surface area (Å²) in [6, 6.07) is 17.2. The first-order valence-corrected chi connectivity index (χ1v) is 27.1. The van der Waals surface area contributed by atoms with E-state index in [4.69, 9.17) is 10.5 Å². The Morgan fingerprint density at radius 2 is 1.53 bits per heavy atom. The molecule has 8 rings (SSSR count). The number of nitrogen functional groups attached to an aromatic ring is 1. The number of nitrogens with one attached hydrogen (secondary N) is 2. The number of ether oxygens (including phenoxy) is 1. The van der Waals surface area contributed by atoms with Crippen molar-refractivity contribution in [1.82, 2.24) is 25.3 Å². The smallest absolute Gasteiger partial charge is 0.294 e. The molecule has 380 valence electrons. The number of fused-ring (bicyclic) bond motifs is 3. The van der Waals surface area contributed by atoms with E-state index in [1.165, 1.54) is 24.0 Å². The van der Waals surface area contributed by atoms with Crippen LogP contribution in [0.1, 0.15) is 88.5 Å². The van der Waals surface area contributed by atoms with Crippen LogP contribution in [0.25, 0.3) is 11.2 Å². The molecule has 0 saturated carbocycles. The van der Waals surface area contributed by atoms with Crippen LogP contribution < -0.4 is 20.7 Å². The molecule has 0 spiro atoms. The Bertz CT molecular complexity index is 3400. The maximum Gasteiger partial charge on any atom is 0.294 e. The fourth-order valence-electron chi connectivity index (χ4n) is 9.54. The van der Waals surface area contributed by atoms with E-state index < -0.39 is 31.1 Å². The van der Waals surface area contributed by atoms with Crippen molar-refractivity contribution in [3.05, 3.63) is 173 Å². The zero-order valence-corrected chi connectivity index (χ0v) is 43.0. The minimum Gasteiger partial charge on any atom is -0.471 e. The molecule has 2 aromatic heterocycles. The summed E-state index contributed by atoms with van der Waals surface area (Å²) in [6.07, 6.45) is 29.8. The predicted octanol–water partition coefficient (Wildman–Crippen LogP) is 9.44. The molecular weight excluding hydrogens is 965 g/mol. The molecule has 0 unspecified atom stereocenters. The molecule has 3 aromatic carbocycles. The average Bonchev–Trinajstić information content (AvgIpc) is 3.95. The maximum absolute atomic E-state index is 12.9. The van der Waals surface area contributed by atoms with Crippen LogP contribution in [0.2, 0.25) is 0 Å². The predicted molar refractivity (Wildman–Crippen MR) is 284 cm³/mol. The number of hydrogen-bond donors (Lipinski definition) is 5. The number of allylic oxidation sites excluding steroid dienone is 14. The molecule has 0 radical (unpaired) electrons. The van der Waals surface area contributed by atoms with Gasteiger partial charge in [-0.3, -0.25) is 13.9 Å². The first kappa shape index (κ1) is 52.1. The van der Waals surface area contributed by atoms with Crippen LogP contribution in [0, 0.1) is 0 Å². The molecule has 1 aliphatic carbocycles. The van der Waals surface area contributed by atoms with Crippen molar-refractivity contribution in [2.45, 2.75) is 100.0 Å². The Labute approximate surface area is 426 Å². The van der Waals surface area contributed by atoms with Crippen LogP contribution in [0.4, 0.5) is 17.3 Å². The van der Waals surface area contributed by atoms with Gasteiger partial charge in [-0.1, -0.05) is 105 Å². The summed E-state index contributed by atoms with van der Waals surface area (Å²) in [7, 11) is -8.87. The molecule has 16 nitrogen and oxygen atoms in total. The summed E-state index contributed by atoms with van der Waals surface area (Å²) in [4.78, 5) is 30.1. The van der Waals surface area contributed by atoms with Crippen LogP contribution in [0.5, 0.6) is 5.88 Å². The van der Waals surface area contributed by atoms with Gasteiger partial charge < -0.3 is 25.7 Å². The first-order valence-electron chi connectivity index (χ1n) is 24.2. The Balaban J connectivity index is 0.912. The summed E-state index contributed by atoms with van der Waals surface area (Å²) >= 11 is 0. The molecule has 5 aromatic rings. The Morgan fingerprint density at radius 1 is 0.822 bits per heavy atom. The number of carbonyl (C=O) groups excluding carboxylic acids is 1. The lowest BCUT2D eigenvalue weighted by Gasteiger charge is -2.27. The highest BCUT2D eigenvalue weighted by molar-refractivity contribution is 7.86. The second-order valence-corrected chi connectivity index (χ2v) is 22.0. The molecular formula is C55H61N8O8S2+. The number of nitrogens with zero attached hydrogens (tertiary/aromatic N) is 5. The van der Waals surface area contributed by atoms with Crippen LogP contribution in [-0.2, 0) is 49.0 Å². The molecule has 4 heterocycles. The fourth-order valence-corrected chi connectivity index (χ4v) is 10.6. The Morgan fingerprint density at radius 3 is 2.30 bits per heavy atom. The number of amides is 1. The number of rotatable bonds is 20. The minimum atomic E-state index is -4.45. The number of unbranched alkanes of at least 4 members (excludes halogenated alkanes) is 2. The van der Waals surface area contributed by atoms with E-state index in [0.29, 0.717) is 49.5 Å². The van der Waals surface area contributed by atoms with Gasteiger partial charge >= 0.3 is 0 Å². The number of aromatic amines is 1. The second-order valence-electron chi connectivity index (χ2n) is 19.2. The van der Waals surface area contributed by atoms with E-state index in [9.17, 15) is 30.7 Å². The van der Waals surface area contributed by atoms with Gasteiger partial charge in [-0.05, 0) is 91.8 Å². The van der Waals surface area contributed by atoms with Crippen molar-refractivity contribution in [1.29, 1.82) is 0 Å². The lowest BCUT2D eigenvalue weighted by Crippen LogP contribution is -2.28. The first-order chi connectivity index (χ1) is 34.8. The summed E-state index contributed by atoms with van der Waals surface area (Å²) in [6.45, 7) is 10.1. The third kappa shape index (κ3) is 12.2. The SMILES string of the molecule is CC1(C)C(/C=C/C=C/C=C2/N(CCCCCC(=O)NCc3ccc(COc4nc(N)nc5nc[nH]c45)cc3)c3ccc(S(=O)(=O)O)cc3C2(C)C)=[N+](CCCC2=C/C=C\C=C/C=C\2)c2ccc(S(=O)(=O)O)cc21. The van der Waals surface area contributed by atoms with Crippen molar-refractivity contribution >= 4 is 60.3 Å². The van der Waals surface area contributed by atoms with Gasteiger partial charge in [0, 0.05) is 60.4 Å². The van der Waals surface area contributed by atoms with Gasteiger partial charge in [-0.15, -0.1) is 0 Å². The zero-order valence-electron chi connectivity index (χ0n) is 41.3. The van der Waals surface area contributed by atoms with Gasteiger partial charge in [0.15, 0.2) is 11.4 Å². The lowest BCUT2D eigenvalue weighted by molar-refractivity contribution is -0.438. The zero-order chi connectivity index (χ0) is 52.0. The molecule has 2 aliphatic heterocycles. The van der Waals surface area contributed by atoms with Crippen molar-refractivity contribution in [3.63, 3.8) is 0 Å². The standard InChI is InChI=1S/C55H60N8O8S2/c1-54(2)43-33-41(72(65,66)67)27-29-45(43)62(31-15-9-14-22-49(64)57-35-39-23-25-40(26-24-39)36-71-52-50-51(59-37-58-50)60-53(56)61-52)47(54)20-12-8-13-21-48-55(3,4)44-34-42(73(68,69)70)28-30-46(44)63(48)32-16-19-38-17-10-6-5-7-11-18-38/h5-8,10-13,17-18,20-21,23-30,33-34,37H,9,14-16,19,22,31-32,35-36H2,1-4H3,(H5-,56,57,58,59,60,61,64,65,66,67,68,69,70)/p+1/b6-5-,7-5?,10-6?,11-7-,17-10-,18-11?,38-17?,38-18+.